The van der Waals surface area contributed by atoms with Crippen LogP contribution >= 0.6 is 0 Å². The molecule has 0 aromatic heterocycles. The Labute approximate surface area is 165 Å². The van der Waals surface area contributed by atoms with Crippen LogP contribution in [0.3, 0.4) is 0 Å². The maximum atomic E-state index is 13.3. The van der Waals surface area contributed by atoms with Crippen molar-refractivity contribution in [2.75, 3.05) is 0 Å². The van der Waals surface area contributed by atoms with Crippen LogP contribution in [0.5, 0.6) is 0 Å². The molecule has 4 aliphatic heterocycles. The van der Waals surface area contributed by atoms with Crippen molar-refractivity contribution >= 4 is 17.9 Å². The topological polar surface area (TPSA) is 129 Å². The van der Waals surface area contributed by atoms with Gasteiger partial charge in [0.1, 0.15) is 12.2 Å². The summed E-state index contributed by atoms with van der Waals surface area (Å²) in [7, 11) is 0. The summed E-state index contributed by atoms with van der Waals surface area (Å²) in [6.07, 6.45) is -5.81. The molecular formula is C20H22O9. The summed E-state index contributed by atoms with van der Waals surface area (Å²) >= 11 is 0. The molecule has 156 valence electrons. The Balaban J connectivity index is 1.73. The molecule has 29 heavy (non-hydrogen) atoms. The van der Waals surface area contributed by atoms with Crippen molar-refractivity contribution in [1.82, 2.24) is 0 Å². The molecule has 0 aromatic carbocycles. The molecule has 4 heterocycles. The fourth-order valence-electron chi connectivity index (χ4n) is 7.64. The quantitative estimate of drug-likeness (QED) is 0.407. The Kier molecular flexibility index (Phi) is 2.79. The molecule has 9 atom stereocenters. The van der Waals surface area contributed by atoms with Crippen molar-refractivity contribution in [2.45, 2.75) is 70.4 Å². The lowest BCUT2D eigenvalue weighted by molar-refractivity contribution is -0.193. The Morgan fingerprint density at radius 3 is 2.41 bits per heavy atom. The maximum absolute atomic E-state index is 13.3. The molecule has 5 fully saturated rings. The second-order valence-electron chi connectivity index (χ2n) is 10.1. The number of ether oxygens (including phenoxy) is 4. The van der Waals surface area contributed by atoms with Gasteiger partial charge in [0.25, 0.3) is 0 Å². The molecule has 9 heteroatoms. The number of hydrogen-bond acceptors (Lipinski definition) is 9. The standard InChI is InChI=1S/C20H22O9/c1-6-9-10(27-13(6)23)11(21)19-8-5-7(17(2,3)4)18(19)12(22)14(24)28-16(18)29-20(9,19)15(25)26-8/h7-8,10-12,16,21-22H,5H2,1-4H3/t7-,8+,10+,11-,12-,16?,18-,19-,20+/m0/s1. The monoisotopic (exact) mass is 406 g/mol. The molecule has 0 amide bonds. The van der Waals surface area contributed by atoms with Crippen molar-refractivity contribution < 1.29 is 43.5 Å². The summed E-state index contributed by atoms with van der Waals surface area (Å²) < 4.78 is 22.8. The number of carbonyl (C=O) groups excluding carboxylic acids is 3. The molecule has 2 saturated carbocycles. The highest BCUT2D eigenvalue weighted by Gasteiger charge is 2.99. The van der Waals surface area contributed by atoms with E-state index in [4.69, 9.17) is 18.9 Å². The van der Waals surface area contributed by atoms with Crippen LogP contribution in [0.15, 0.2) is 11.1 Å². The van der Waals surface area contributed by atoms with Gasteiger partial charge in [0.2, 0.25) is 11.9 Å². The fourth-order valence-corrected chi connectivity index (χ4v) is 7.64. The van der Waals surface area contributed by atoms with Crippen molar-refractivity contribution in [3.8, 4) is 0 Å². The van der Waals surface area contributed by atoms with E-state index in [-0.39, 0.29) is 17.1 Å². The van der Waals surface area contributed by atoms with Crippen LogP contribution < -0.4 is 0 Å². The van der Waals surface area contributed by atoms with Gasteiger partial charge in [-0.05, 0) is 24.7 Å². The van der Waals surface area contributed by atoms with Gasteiger partial charge in [-0.2, -0.15) is 0 Å². The first-order valence-corrected chi connectivity index (χ1v) is 9.85. The lowest BCUT2D eigenvalue weighted by Gasteiger charge is -2.47. The predicted molar refractivity (Wildman–Crippen MR) is 90.6 cm³/mol. The highest BCUT2D eigenvalue weighted by Crippen LogP contribution is 2.83. The Morgan fingerprint density at radius 1 is 1.07 bits per heavy atom. The van der Waals surface area contributed by atoms with E-state index in [1.165, 1.54) is 6.92 Å². The van der Waals surface area contributed by atoms with Crippen molar-refractivity contribution in [2.24, 2.45) is 22.2 Å². The molecule has 2 aliphatic carbocycles. The Bertz CT molecular complexity index is 946. The normalized spacial score (nSPS) is 54.2. The third kappa shape index (κ3) is 1.36. The van der Waals surface area contributed by atoms with Crippen LogP contribution in [0.1, 0.15) is 34.1 Å². The van der Waals surface area contributed by atoms with E-state index in [0.29, 0.717) is 6.42 Å². The lowest BCUT2D eigenvalue weighted by atomic mass is 9.51. The highest BCUT2D eigenvalue weighted by molar-refractivity contribution is 6.00. The molecule has 1 unspecified atom stereocenters. The first-order chi connectivity index (χ1) is 13.5. The van der Waals surface area contributed by atoms with Crippen molar-refractivity contribution in [3.63, 3.8) is 0 Å². The number of esters is 3. The van der Waals surface area contributed by atoms with E-state index in [9.17, 15) is 24.6 Å². The number of aliphatic hydroxyl groups is 2. The predicted octanol–water partition coefficient (Wildman–Crippen LogP) is -0.420. The van der Waals surface area contributed by atoms with E-state index in [1.807, 2.05) is 20.8 Å². The average molecular weight is 406 g/mol. The number of hydrogen-bond donors (Lipinski definition) is 2. The van der Waals surface area contributed by atoms with E-state index >= 15 is 0 Å². The van der Waals surface area contributed by atoms with Gasteiger partial charge in [-0.3, -0.25) is 0 Å². The summed E-state index contributed by atoms with van der Waals surface area (Å²) in [4.78, 5) is 38.0. The van der Waals surface area contributed by atoms with Gasteiger partial charge in [-0.1, -0.05) is 20.8 Å². The van der Waals surface area contributed by atoms with Crippen LogP contribution in [0.25, 0.3) is 0 Å². The minimum absolute atomic E-state index is 0.179. The molecule has 6 rings (SSSR count). The van der Waals surface area contributed by atoms with Gasteiger partial charge in [-0.15, -0.1) is 0 Å². The first-order valence-electron chi connectivity index (χ1n) is 9.85. The van der Waals surface area contributed by atoms with Crippen LogP contribution in [0.2, 0.25) is 0 Å². The van der Waals surface area contributed by atoms with Crippen LogP contribution in [0.4, 0.5) is 0 Å². The molecular weight excluding hydrogens is 384 g/mol. The molecule has 0 bridgehead atoms. The fraction of sp³-hybridized carbons (Fsp3) is 0.750. The summed E-state index contributed by atoms with van der Waals surface area (Å²) in [6.45, 7) is 7.41. The SMILES string of the molecule is CC1=C2[C@@H](OC1=O)[C@H](O)[C@@]13[C@H]4C[C@@H](C(C)(C)C)[C@]15C(OC(=O)[C@@H]5O)O[C@@]23C(=O)O4. The van der Waals surface area contributed by atoms with Gasteiger partial charge in [-0.25, -0.2) is 14.4 Å². The minimum Gasteiger partial charge on any atom is -0.459 e. The van der Waals surface area contributed by atoms with E-state index in [2.05, 4.69) is 0 Å². The van der Waals surface area contributed by atoms with E-state index < -0.39 is 70.5 Å². The number of fused-ring (bicyclic) bond motifs is 1. The molecule has 3 saturated heterocycles. The van der Waals surface area contributed by atoms with Crippen LogP contribution in [0, 0.1) is 22.2 Å². The third-order valence-electron chi connectivity index (χ3n) is 8.35. The second-order valence-corrected chi connectivity index (χ2v) is 10.1. The van der Waals surface area contributed by atoms with Crippen LogP contribution in [-0.2, 0) is 33.3 Å². The minimum atomic E-state index is -1.83. The molecule has 2 spiro atoms. The number of rotatable bonds is 0. The van der Waals surface area contributed by atoms with Crippen LogP contribution in [-0.4, -0.2) is 64.4 Å². The van der Waals surface area contributed by atoms with Gasteiger partial charge in [0.05, 0.1) is 10.8 Å². The zero-order valence-corrected chi connectivity index (χ0v) is 16.4. The lowest BCUT2D eigenvalue weighted by Crippen LogP contribution is -2.62. The Morgan fingerprint density at radius 2 is 1.76 bits per heavy atom. The highest BCUT2D eigenvalue weighted by atomic mass is 16.7. The zero-order valence-electron chi connectivity index (χ0n) is 16.4. The van der Waals surface area contributed by atoms with Crippen molar-refractivity contribution in [3.05, 3.63) is 11.1 Å². The summed E-state index contributed by atoms with van der Waals surface area (Å²) in [5.74, 6) is -2.59. The van der Waals surface area contributed by atoms with E-state index in [1.54, 1.807) is 0 Å². The maximum Gasteiger partial charge on any atom is 0.344 e. The summed E-state index contributed by atoms with van der Waals surface area (Å²) in [6, 6.07) is 0. The molecule has 2 N–H and O–H groups in total. The first kappa shape index (κ1) is 17.9. The van der Waals surface area contributed by atoms with Gasteiger partial charge in [0.15, 0.2) is 12.2 Å². The smallest absolute Gasteiger partial charge is 0.344 e. The molecule has 0 aromatic rings. The van der Waals surface area contributed by atoms with Crippen molar-refractivity contribution in [1.29, 1.82) is 0 Å². The van der Waals surface area contributed by atoms with E-state index in [0.717, 1.165) is 0 Å². The van der Waals surface area contributed by atoms with Gasteiger partial charge < -0.3 is 29.2 Å². The van der Waals surface area contributed by atoms with Gasteiger partial charge >= 0.3 is 17.9 Å². The second kappa shape index (κ2) is 4.53. The number of carbonyl (C=O) groups is 3. The molecule has 6 aliphatic rings. The van der Waals surface area contributed by atoms with Gasteiger partial charge in [0, 0.05) is 11.1 Å². The molecule has 9 nitrogen and oxygen atoms in total. The summed E-state index contributed by atoms with van der Waals surface area (Å²) in [5.41, 5.74) is -4.76. The Hall–Kier alpha value is -1.97. The molecule has 0 radical (unpaired) electrons. The largest absolute Gasteiger partial charge is 0.459 e. The average Bonchev–Trinajstić information content (AvgIpc) is 3.34. The zero-order chi connectivity index (χ0) is 20.9. The summed E-state index contributed by atoms with van der Waals surface area (Å²) in [5, 5.41) is 22.8. The number of aliphatic hydroxyl groups excluding tert-OH is 2. The third-order valence-corrected chi connectivity index (χ3v) is 8.35.